The van der Waals surface area contributed by atoms with Crippen molar-refractivity contribution in [3.05, 3.63) is 37.1 Å². The molecule has 1 aromatic heterocycles. The van der Waals surface area contributed by atoms with Crippen LogP contribution in [0.4, 0.5) is 0 Å². The van der Waals surface area contributed by atoms with Gasteiger partial charge in [-0.3, -0.25) is 0 Å². The first-order valence-electron chi connectivity index (χ1n) is 6.01. The molecule has 2 rings (SSSR count). The van der Waals surface area contributed by atoms with E-state index in [1.807, 2.05) is 18.2 Å². The van der Waals surface area contributed by atoms with Crippen LogP contribution in [0, 0.1) is 3.57 Å². The lowest BCUT2D eigenvalue weighted by molar-refractivity contribution is 0.412. The van der Waals surface area contributed by atoms with Crippen LogP contribution >= 0.6 is 50.1 Å². The van der Waals surface area contributed by atoms with Gasteiger partial charge in [-0.15, -0.1) is 0 Å². The fourth-order valence-electron chi connectivity index (χ4n) is 1.75. The van der Waals surface area contributed by atoms with Gasteiger partial charge in [0.2, 0.25) is 0 Å². The van der Waals surface area contributed by atoms with Crippen LogP contribution in [0.5, 0.6) is 5.75 Å². The molecule has 0 spiro atoms. The lowest BCUT2D eigenvalue weighted by Gasteiger charge is -2.11. The number of aromatic nitrogens is 2. The molecule has 0 N–H and O–H groups in total. The average Bonchev–Trinajstić information content (AvgIpc) is 2.41. The van der Waals surface area contributed by atoms with Crippen molar-refractivity contribution >= 4 is 50.1 Å². The van der Waals surface area contributed by atoms with E-state index in [1.165, 1.54) is 0 Å². The van der Waals surface area contributed by atoms with Crippen molar-refractivity contribution in [3.8, 4) is 17.1 Å². The molecule has 0 aliphatic rings. The van der Waals surface area contributed by atoms with Crippen LogP contribution in [0.1, 0.15) is 25.5 Å². The second-order valence-corrected chi connectivity index (χ2v) is 6.83. The van der Waals surface area contributed by atoms with Gasteiger partial charge in [-0.2, -0.15) is 0 Å². The van der Waals surface area contributed by atoms with Crippen molar-refractivity contribution in [2.75, 3.05) is 7.11 Å². The largest absolute Gasteiger partial charge is 0.496 e. The molecule has 0 bridgehead atoms. The third kappa shape index (κ3) is 3.26. The monoisotopic (exact) mass is 466 g/mol. The zero-order valence-electron chi connectivity index (χ0n) is 11.2. The maximum Gasteiger partial charge on any atom is 0.161 e. The van der Waals surface area contributed by atoms with Gasteiger partial charge in [-0.05, 0) is 62.6 Å². The Morgan fingerprint density at radius 1 is 1.30 bits per heavy atom. The van der Waals surface area contributed by atoms with Crippen LogP contribution in [0.2, 0.25) is 5.15 Å². The van der Waals surface area contributed by atoms with E-state index in [0.717, 1.165) is 25.0 Å². The Morgan fingerprint density at radius 3 is 2.55 bits per heavy atom. The summed E-state index contributed by atoms with van der Waals surface area (Å²) in [7, 11) is 1.63. The molecule has 0 saturated carbocycles. The van der Waals surface area contributed by atoms with Crippen LogP contribution in [0.15, 0.2) is 22.7 Å². The van der Waals surface area contributed by atoms with Crippen molar-refractivity contribution in [1.29, 1.82) is 0 Å². The van der Waals surface area contributed by atoms with Gasteiger partial charge in [-0.25, -0.2) is 9.97 Å². The van der Waals surface area contributed by atoms with Gasteiger partial charge < -0.3 is 4.74 Å². The zero-order valence-corrected chi connectivity index (χ0v) is 15.7. The van der Waals surface area contributed by atoms with Gasteiger partial charge in [0.25, 0.3) is 0 Å². The molecule has 6 heteroatoms. The number of rotatable bonds is 3. The SMILES string of the molecule is COc1ccc(-c2nc(Cl)c(I)c(C(C)C)n2)cc1Br. The minimum atomic E-state index is 0.294. The fraction of sp³-hybridized carbons (Fsp3) is 0.286. The van der Waals surface area contributed by atoms with Gasteiger partial charge in [0, 0.05) is 5.56 Å². The molecule has 0 aliphatic heterocycles. The summed E-state index contributed by atoms with van der Waals surface area (Å²) in [4.78, 5) is 9.00. The summed E-state index contributed by atoms with van der Waals surface area (Å²) in [5.41, 5.74) is 1.87. The lowest BCUT2D eigenvalue weighted by atomic mass is 10.1. The molecule has 0 amide bonds. The first-order chi connectivity index (χ1) is 9.43. The second-order valence-electron chi connectivity index (χ2n) is 4.54. The third-order valence-corrected chi connectivity index (χ3v) is 5.07. The summed E-state index contributed by atoms with van der Waals surface area (Å²) in [6.07, 6.45) is 0. The minimum absolute atomic E-state index is 0.294. The quantitative estimate of drug-likeness (QED) is 0.454. The van der Waals surface area contributed by atoms with E-state index in [4.69, 9.17) is 16.3 Å². The molecular weight excluding hydrogens is 454 g/mol. The molecule has 0 unspecified atom stereocenters. The van der Waals surface area contributed by atoms with E-state index in [1.54, 1.807) is 7.11 Å². The van der Waals surface area contributed by atoms with Crippen LogP contribution < -0.4 is 4.74 Å². The number of hydrogen-bond acceptors (Lipinski definition) is 3. The second kappa shape index (κ2) is 6.58. The number of halogens is 3. The van der Waals surface area contributed by atoms with E-state index in [9.17, 15) is 0 Å². The van der Waals surface area contributed by atoms with Gasteiger partial charge >= 0.3 is 0 Å². The highest BCUT2D eigenvalue weighted by atomic mass is 127. The molecule has 0 aliphatic carbocycles. The topological polar surface area (TPSA) is 35.0 Å². The first kappa shape index (κ1) is 16.0. The number of benzene rings is 1. The third-order valence-electron chi connectivity index (χ3n) is 2.79. The van der Waals surface area contributed by atoms with Crippen molar-refractivity contribution in [3.63, 3.8) is 0 Å². The summed E-state index contributed by atoms with van der Waals surface area (Å²) in [5.74, 6) is 1.69. The highest BCUT2D eigenvalue weighted by Gasteiger charge is 2.15. The Balaban J connectivity index is 2.55. The zero-order chi connectivity index (χ0) is 14.9. The number of ether oxygens (including phenoxy) is 1. The molecule has 1 aromatic carbocycles. The summed E-state index contributed by atoms with van der Waals surface area (Å²) >= 11 is 11.9. The van der Waals surface area contributed by atoms with Crippen molar-refractivity contribution < 1.29 is 4.74 Å². The molecule has 3 nitrogen and oxygen atoms in total. The molecule has 0 radical (unpaired) electrons. The molecule has 0 atom stereocenters. The Labute approximate surface area is 145 Å². The summed E-state index contributed by atoms with van der Waals surface area (Å²) in [5, 5.41) is 0.492. The standard InChI is InChI=1S/C14H13BrClIN2O/c1-7(2)12-11(17)13(16)19-14(18-12)8-4-5-10(20-3)9(15)6-8/h4-7H,1-3H3. The Hall–Kier alpha value is -0.400. The molecule has 2 aromatic rings. The Kier molecular flexibility index (Phi) is 5.25. The molecule has 0 saturated heterocycles. The predicted octanol–water partition coefficient (Wildman–Crippen LogP) is 5.30. The number of nitrogens with zero attached hydrogens (tertiary/aromatic N) is 2. The van der Waals surface area contributed by atoms with E-state index in [2.05, 4.69) is 62.3 Å². The molecule has 1 heterocycles. The number of hydrogen-bond donors (Lipinski definition) is 0. The van der Waals surface area contributed by atoms with Crippen molar-refractivity contribution in [1.82, 2.24) is 9.97 Å². The lowest BCUT2D eigenvalue weighted by Crippen LogP contribution is -2.02. The van der Waals surface area contributed by atoms with E-state index in [0.29, 0.717) is 16.9 Å². The average molecular weight is 468 g/mol. The van der Waals surface area contributed by atoms with Crippen molar-refractivity contribution in [2.45, 2.75) is 19.8 Å². The van der Waals surface area contributed by atoms with E-state index < -0.39 is 0 Å². The molecule has 106 valence electrons. The Bertz CT molecular complexity index is 649. The first-order valence-corrected chi connectivity index (χ1v) is 8.25. The van der Waals surface area contributed by atoms with E-state index >= 15 is 0 Å². The van der Waals surface area contributed by atoms with Crippen LogP contribution in [0.25, 0.3) is 11.4 Å². The molecular formula is C14H13BrClIN2O. The summed E-state index contributed by atoms with van der Waals surface area (Å²) in [6.45, 7) is 4.18. The highest BCUT2D eigenvalue weighted by molar-refractivity contribution is 14.1. The summed E-state index contributed by atoms with van der Waals surface area (Å²) in [6, 6.07) is 5.73. The van der Waals surface area contributed by atoms with Gasteiger partial charge in [0.05, 0.1) is 20.8 Å². The minimum Gasteiger partial charge on any atom is -0.496 e. The van der Waals surface area contributed by atoms with Gasteiger partial charge in [0.1, 0.15) is 10.9 Å². The fourth-order valence-corrected chi connectivity index (χ4v) is 3.33. The molecule has 0 fully saturated rings. The predicted molar refractivity (Wildman–Crippen MR) is 93.5 cm³/mol. The van der Waals surface area contributed by atoms with Gasteiger partial charge in [0.15, 0.2) is 5.82 Å². The normalized spacial score (nSPS) is 10.9. The van der Waals surface area contributed by atoms with Crippen LogP contribution in [-0.2, 0) is 0 Å². The molecule has 20 heavy (non-hydrogen) atoms. The van der Waals surface area contributed by atoms with Crippen molar-refractivity contribution in [2.24, 2.45) is 0 Å². The highest BCUT2D eigenvalue weighted by Crippen LogP contribution is 2.32. The smallest absolute Gasteiger partial charge is 0.161 e. The van der Waals surface area contributed by atoms with E-state index in [-0.39, 0.29) is 0 Å². The van der Waals surface area contributed by atoms with Crippen LogP contribution in [0.3, 0.4) is 0 Å². The van der Waals surface area contributed by atoms with Gasteiger partial charge in [-0.1, -0.05) is 25.4 Å². The maximum atomic E-state index is 6.22. The summed E-state index contributed by atoms with van der Waals surface area (Å²) < 4.78 is 7.00. The number of methoxy groups -OCH3 is 1. The maximum absolute atomic E-state index is 6.22. The van der Waals surface area contributed by atoms with Crippen LogP contribution in [-0.4, -0.2) is 17.1 Å². The Morgan fingerprint density at radius 2 is 2.00 bits per heavy atom.